The lowest BCUT2D eigenvalue weighted by Gasteiger charge is -2.11. The standard InChI is InChI=1S/C12H17N.C11H14N2O2.C10H13NO.C10H10O2.C10H12O/c1-13(2)9-11-8-12(11)10-6-4-3-5-7-10;12-11(14)13(15)7-9-6-10(9)8-4-2-1-3-5-8;12-11-7-9-6-10(9)8-4-2-1-3-5-8;11-10(12)9-6-8(9)7-4-2-1-3-5-7;11-7-9-6-10(9)8-4-2-1-3-5-8/h3-7,11-12H,8-9H2,1-2H3;1-5,9-10,15H,6-7H2,(H2,12,14);1-5,9-12H,6-7H2;1-5,8-9H,6H2,(H,11,12);1-5,9-11H,6-7H2/t11-,12?;;9-,10?;;/m1.1../s1. The van der Waals surface area contributed by atoms with Crippen molar-refractivity contribution < 1.29 is 30.2 Å². The number of nitrogens with two attached hydrogens (primary N) is 1. The fraction of sp³-hybridized carbons (Fsp3) is 0.396. The molecule has 5 aliphatic carbocycles. The molecule has 7 N–H and O–H groups in total. The number of hydrogen-bond donors (Lipinski definition) is 6. The number of carboxylic acid groups (broad SMARTS) is 1. The third-order valence-electron chi connectivity index (χ3n) is 12.8. The van der Waals surface area contributed by atoms with Gasteiger partial charge in [0.25, 0.3) is 0 Å². The number of nitrogens with zero attached hydrogens (tertiary/aromatic N) is 2. The lowest BCUT2D eigenvalue weighted by Crippen LogP contribution is -2.34. The molecule has 0 aliphatic heterocycles. The Morgan fingerprint density at radius 3 is 1.19 bits per heavy atom. The molecular formula is C53H66N4O6. The molecule has 10 heteroatoms. The number of urea groups is 1. The molecule has 8 unspecified atom stereocenters. The van der Waals surface area contributed by atoms with Crippen LogP contribution < -0.4 is 11.2 Å². The SMILES string of the molecule is CN(C)C[C@H]1CC1c1ccccc1.NC(=O)N(O)CC1CC1c1ccccc1.O=C(O)C1CC1c1ccccc1.OCC1CC1c1ccccc1.ONC[C@H]1CC1c1ccccc1. The third kappa shape index (κ3) is 15.2. The van der Waals surface area contributed by atoms with Crippen LogP contribution in [0.15, 0.2) is 152 Å². The van der Waals surface area contributed by atoms with Gasteiger partial charge in [0.2, 0.25) is 0 Å². The van der Waals surface area contributed by atoms with Gasteiger partial charge in [-0.1, -0.05) is 152 Å². The molecule has 2 amide bonds. The minimum Gasteiger partial charge on any atom is -0.481 e. The van der Waals surface area contributed by atoms with Gasteiger partial charge in [0.15, 0.2) is 0 Å². The van der Waals surface area contributed by atoms with Gasteiger partial charge in [0, 0.05) is 19.7 Å². The molecule has 0 bridgehead atoms. The van der Waals surface area contributed by atoms with Gasteiger partial charge in [-0.05, 0) is 127 Å². The van der Waals surface area contributed by atoms with Gasteiger partial charge >= 0.3 is 12.0 Å². The van der Waals surface area contributed by atoms with Gasteiger partial charge in [-0.15, -0.1) is 0 Å². The zero-order valence-electron chi connectivity index (χ0n) is 36.6. The maximum absolute atomic E-state index is 10.6. The minimum atomic E-state index is -0.784. The maximum atomic E-state index is 10.6. The van der Waals surface area contributed by atoms with Crippen molar-refractivity contribution in [1.29, 1.82) is 0 Å². The smallest absolute Gasteiger partial charge is 0.338 e. The zero-order chi connectivity index (χ0) is 44.7. The number of primary amides is 1. The number of hydrogen-bond acceptors (Lipinski definition) is 7. The number of aliphatic hydroxyl groups excluding tert-OH is 1. The van der Waals surface area contributed by atoms with Gasteiger partial charge in [0.05, 0.1) is 12.5 Å². The molecule has 5 aromatic carbocycles. The van der Waals surface area contributed by atoms with Crippen LogP contribution in [0.2, 0.25) is 0 Å². The van der Waals surface area contributed by atoms with Gasteiger partial charge in [-0.25, -0.2) is 15.3 Å². The van der Waals surface area contributed by atoms with Gasteiger partial charge in [0.1, 0.15) is 0 Å². The molecule has 5 aliphatic rings. The van der Waals surface area contributed by atoms with Gasteiger partial charge < -0.3 is 26.1 Å². The summed E-state index contributed by atoms with van der Waals surface area (Å²) < 4.78 is 0. The fourth-order valence-electron chi connectivity index (χ4n) is 8.69. The molecule has 10 atom stereocenters. The third-order valence-corrected chi connectivity index (χ3v) is 12.8. The second-order valence-corrected chi connectivity index (χ2v) is 18.0. The van der Waals surface area contributed by atoms with Crippen molar-refractivity contribution in [2.45, 2.75) is 61.7 Å². The first-order chi connectivity index (χ1) is 30.6. The van der Waals surface area contributed by atoms with E-state index in [2.05, 4.69) is 115 Å². The average molecular weight is 855 g/mol. The Kier molecular flexibility index (Phi) is 17.5. The second kappa shape index (κ2) is 23.4. The highest BCUT2D eigenvalue weighted by Gasteiger charge is 2.44. The van der Waals surface area contributed by atoms with E-state index in [1.165, 1.54) is 48.1 Å². The Labute approximate surface area is 373 Å². The molecule has 334 valence electrons. The second-order valence-electron chi connectivity index (χ2n) is 18.0. The van der Waals surface area contributed by atoms with Gasteiger partial charge in [-0.2, -0.15) is 0 Å². The number of carboxylic acids is 1. The molecule has 10 rings (SSSR count). The van der Waals surface area contributed by atoms with Crippen molar-refractivity contribution in [3.8, 4) is 0 Å². The van der Waals surface area contributed by atoms with Crippen molar-refractivity contribution in [3.05, 3.63) is 179 Å². The fourth-order valence-corrected chi connectivity index (χ4v) is 8.69. The number of aliphatic hydroxyl groups is 1. The van der Waals surface area contributed by atoms with Crippen LogP contribution in [0.4, 0.5) is 4.79 Å². The number of aliphatic carboxylic acids is 1. The topological polar surface area (TPSA) is 160 Å². The zero-order valence-corrected chi connectivity index (χ0v) is 36.6. The first-order valence-electron chi connectivity index (χ1n) is 22.4. The van der Waals surface area contributed by atoms with Crippen molar-refractivity contribution in [2.75, 3.05) is 40.3 Å². The quantitative estimate of drug-likeness (QED) is 0.0505. The first-order valence-corrected chi connectivity index (χ1v) is 22.4. The summed E-state index contributed by atoms with van der Waals surface area (Å²) in [4.78, 5) is 23.4. The summed E-state index contributed by atoms with van der Waals surface area (Å²) in [5, 5.41) is 35.8. The normalized spacial score (nSPS) is 26.3. The van der Waals surface area contributed by atoms with Crippen molar-refractivity contribution in [2.24, 2.45) is 35.3 Å². The lowest BCUT2D eigenvalue weighted by molar-refractivity contribution is -0.138. The summed E-state index contributed by atoms with van der Waals surface area (Å²) in [7, 11) is 4.31. The molecule has 0 heterocycles. The van der Waals surface area contributed by atoms with Crippen LogP contribution >= 0.6 is 0 Å². The average Bonchev–Trinajstić information content (AvgIpc) is 4.08. The number of benzene rings is 5. The molecule has 63 heavy (non-hydrogen) atoms. The summed E-state index contributed by atoms with van der Waals surface area (Å²) in [6.45, 7) is 2.63. The number of nitrogens with one attached hydrogen (secondary N) is 1. The van der Waals surface area contributed by atoms with Crippen LogP contribution in [0.3, 0.4) is 0 Å². The largest absolute Gasteiger partial charge is 0.481 e. The number of hydroxylamine groups is 3. The molecule has 5 fully saturated rings. The van der Waals surface area contributed by atoms with Crippen LogP contribution in [0.5, 0.6) is 0 Å². The highest BCUT2D eigenvalue weighted by atomic mass is 16.5. The Hall–Kier alpha value is -5.36. The summed E-state index contributed by atoms with van der Waals surface area (Å²) in [5.41, 5.74) is 13.9. The monoisotopic (exact) mass is 854 g/mol. The first kappa shape index (κ1) is 47.1. The Balaban J connectivity index is 0.000000132. The van der Waals surface area contributed by atoms with E-state index >= 15 is 0 Å². The van der Waals surface area contributed by atoms with E-state index < -0.39 is 12.0 Å². The maximum Gasteiger partial charge on any atom is 0.338 e. The molecule has 10 nitrogen and oxygen atoms in total. The van der Waals surface area contributed by atoms with E-state index in [-0.39, 0.29) is 11.8 Å². The Morgan fingerprint density at radius 1 is 0.540 bits per heavy atom. The Morgan fingerprint density at radius 2 is 0.873 bits per heavy atom. The van der Waals surface area contributed by atoms with E-state index in [1.807, 2.05) is 60.7 Å². The number of rotatable bonds is 13. The number of amides is 2. The van der Waals surface area contributed by atoms with Crippen LogP contribution in [0, 0.1) is 29.6 Å². The predicted octanol–water partition coefficient (Wildman–Crippen LogP) is 9.34. The molecule has 0 radical (unpaired) electrons. The van der Waals surface area contributed by atoms with Crippen molar-refractivity contribution in [1.82, 2.24) is 15.4 Å². The van der Waals surface area contributed by atoms with Crippen molar-refractivity contribution >= 4 is 12.0 Å². The highest BCUT2D eigenvalue weighted by molar-refractivity contribution is 5.75. The lowest BCUT2D eigenvalue weighted by atomic mass is 10.1. The molecule has 0 saturated heterocycles. The molecular weight excluding hydrogens is 789 g/mol. The van der Waals surface area contributed by atoms with E-state index in [1.54, 1.807) is 0 Å². The highest BCUT2D eigenvalue weighted by Crippen LogP contribution is 2.50. The van der Waals surface area contributed by atoms with Crippen LogP contribution in [0.25, 0.3) is 0 Å². The van der Waals surface area contributed by atoms with E-state index in [9.17, 15) is 9.59 Å². The molecule has 5 aromatic rings. The summed E-state index contributed by atoms with van der Waals surface area (Å²) in [6, 6.07) is 50.9. The minimum absolute atomic E-state index is 0.132. The summed E-state index contributed by atoms with van der Waals surface area (Å²) >= 11 is 0. The Bertz CT molecular complexity index is 2100. The van der Waals surface area contributed by atoms with E-state index in [4.69, 9.17) is 26.4 Å². The van der Waals surface area contributed by atoms with Crippen LogP contribution in [-0.2, 0) is 4.79 Å². The van der Waals surface area contributed by atoms with E-state index in [0.717, 1.165) is 36.8 Å². The van der Waals surface area contributed by atoms with E-state index in [0.29, 0.717) is 53.7 Å². The van der Waals surface area contributed by atoms with Crippen LogP contribution in [-0.4, -0.2) is 82.9 Å². The van der Waals surface area contributed by atoms with Crippen molar-refractivity contribution in [3.63, 3.8) is 0 Å². The van der Waals surface area contributed by atoms with Crippen LogP contribution in [0.1, 0.15) is 89.5 Å². The van der Waals surface area contributed by atoms with Gasteiger partial charge in [-0.3, -0.25) is 10.0 Å². The summed E-state index contributed by atoms with van der Waals surface area (Å²) in [5.74, 6) is 4.49. The molecule has 5 saturated carbocycles. The number of carbonyl (C=O) groups excluding carboxylic acids is 1. The molecule has 0 spiro atoms. The number of carbonyl (C=O) groups is 2. The predicted molar refractivity (Wildman–Crippen MR) is 248 cm³/mol. The summed E-state index contributed by atoms with van der Waals surface area (Å²) in [6.07, 6.45) is 5.56. The molecule has 0 aromatic heterocycles.